The molecule has 2 fully saturated rings. The molecule has 1 amide bonds. The van der Waals surface area contributed by atoms with Gasteiger partial charge in [0.15, 0.2) is 0 Å². The molecular formula is C9H16N2O. The zero-order valence-corrected chi connectivity index (χ0v) is 7.55. The third kappa shape index (κ3) is 1.46. The third-order valence-corrected chi connectivity index (χ3v) is 2.88. The summed E-state index contributed by atoms with van der Waals surface area (Å²) in [6, 6.07) is 0.167. The van der Waals surface area contributed by atoms with E-state index in [2.05, 4.69) is 12.2 Å². The smallest absolute Gasteiger partial charge is 0.241 e. The van der Waals surface area contributed by atoms with Crippen molar-refractivity contribution in [2.75, 3.05) is 19.6 Å². The Morgan fingerprint density at radius 3 is 2.92 bits per heavy atom. The summed E-state index contributed by atoms with van der Waals surface area (Å²) in [5.41, 5.74) is 0. The van der Waals surface area contributed by atoms with Crippen LogP contribution in [-0.4, -0.2) is 36.5 Å². The first-order valence-electron chi connectivity index (χ1n) is 4.83. The Bertz CT molecular complexity index is 189. The zero-order chi connectivity index (χ0) is 8.55. The molecule has 0 aromatic heterocycles. The maximum Gasteiger partial charge on any atom is 0.241 e. The van der Waals surface area contributed by atoms with Crippen molar-refractivity contribution in [3.05, 3.63) is 0 Å². The highest BCUT2D eigenvalue weighted by Crippen LogP contribution is 2.20. The first kappa shape index (κ1) is 8.05. The molecule has 1 N–H and O–H groups in total. The molecule has 2 aliphatic rings. The Balaban J connectivity index is 1.85. The van der Waals surface area contributed by atoms with Crippen molar-refractivity contribution in [2.45, 2.75) is 25.8 Å². The Hall–Kier alpha value is -0.570. The van der Waals surface area contributed by atoms with Crippen LogP contribution in [0, 0.1) is 5.92 Å². The molecule has 12 heavy (non-hydrogen) atoms. The second kappa shape index (κ2) is 3.05. The van der Waals surface area contributed by atoms with Crippen LogP contribution in [0.3, 0.4) is 0 Å². The molecular weight excluding hydrogens is 152 g/mol. The Labute approximate surface area is 73.1 Å². The van der Waals surface area contributed by atoms with E-state index in [0.29, 0.717) is 5.91 Å². The first-order chi connectivity index (χ1) is 5.81. The lowest BCUT2D eigenvalue weighted by atomic mass is 10.1. The maximum atomic E-state index is 11.5. The second-order valence-electron chi connectivity index (χ2n) is 3.81. The highest BCUT2D eigenvalue weighted by atomic mass is 16.2. The Morgan fingerprint density at radius 1 is 1.67 bits per heavy atom. The number of amides is 1. The second-order valence-corrected chi connectivity index (χ2v) is 3.81. The highest BCUT2D eigenvalue weighted by Gasteiger charge is 2.35. The van der Waals surface area contributed by atoms with E-state index in [0.717, 1.165) is 25.6 Å². The number of rotatable bonds is 2. The van der Waals surface area contributed by atoms with Gasteiger partial charge in [-0.2, -0.15) is 0 Å². The third-order valence-electron chi connectivity index (χ3n) is 2.88. The van der Waals surface area contributed by atoms with E-state index in [1.807, 2.05) is 4.90 Å². The number of carbonyl (C=O) groups excluding carboxylic acids is 1. The summed E-state index contributed by atoms with van der Waals surface area (Å²) < 4.78 is 0. The van der Waals surface area contributed by atoms with Crippen LogP contribution in [0.25, 0.3) is 0 Å². The molecule has 0 aromatic carbocycles. The fraction of sp³-hybridized carbons (Fsp3) is 0.889. The summed E-state index contributed by atoms with van der Waals surface area (Å²) in [7, 11) is 0. The van der Waals surface area contributed by atoms with Crippen LogP contribution in [0.15, 0.2) is 0 Å². The van der Waals surface area contributed by atoms with E-state index in [-0.39, 0.29) is 6.04 Å². The summed E-state index contributed by atoms with van der Waals surface area (Å²) in [6.45, 7) is 5.07. The number of likely N-dealkylation sites (tertiary alicyclic amines) is 1. The maximum absolute atomic E-state index is 11.5. The van der Waals surface area contributed by atoms with Gasteiger partial charge in [0.05, 0.1) is 6.04 Å². The molecule has 2 heterocycles. The average Bonchev–Trinajstić information content (AvgIpc) is 2.82. The number of hydrogen-bond acceptors (Lipinski definition) is 2. The van der Waals surface area contributed by atoms with Gasteiger partial charge in [-0.05, 0) is 12.3 Å². The molecule has 0 bridgehead atoms. The lowest BCUT2D eigenvalue weighted by molar-refractivity contribution is -0.129. The average molecular weight is 168 g/mol. The molecule has 0 aliphatic carbocycles. The van der Waals surface area contributed by atoms with Gasteiger partial charge < -0.3 is 10.2 Å². The van der Waals surface area contributed by atoms with Crippen molar-refractivity contribution in [3.63, 3.8) is 0 Å². The van der Waals surface area contributed by atoms with Crippen LogP contribution in [0.1, 0.15) is 19.8 Å². The number of hydrogen-bond donors (Lipinski definition) is 1. The van der Waals surface area contributed by atoms with Gasteiger partial charge >= 0.3 is 0 Å². The quantitative estimate of drug-likeness (QED) is 0.599. The molecule has 2 aliphatic heterocycles. The Kier molecular flexibility index (Phi) is 2.05. The zero-order valence-electron chi connectivity index (χ0n) is 7.55. The van der Waals surface area contributed by atoms with Gasteiger partial charge in [0, 0.05) is 19.6 Å². The van der Waals surface area contributed by atoms with Crippen LogP contribution in [0.4, 0.5) is 0 Å². The minimum Gasteiger partial charge on any atom is -0.341 e. The van der Waals surface area contributed by atoms with E-state index in [9.17, 15) is 4.79 Å². The van der Waals surface area contributed by atoms with Gasteiger partial charge in [-0.25, -0.2) is 0 Å². The minimum absolute atomic E-state index is 0.167. The predicted molar refractivity (Wildman–Crippen MR) is 46.8 cm³/mol. The lowest BCUT2D eigenvalue weighted by Gasteiger charge is -2.14. The standard InChI is InChI=1S/C9H16N2O/c1-2-7-3-4-11(6-7)9(12)8-5-10-8/h7-8,10H,2-6H2,1H3. The van der Waals surface area contributed by atoms with Crippen molar-refractivity contribution < 1.29 is 4.79 Å². The molecule has 3 heteroatoms. The fourth-order valence-electron chi connectivity index (χ4n) is 1.82. The van der Waals surface area contributed by atoms with E-state index in [1.165, 1.54) is 12.8 Å². The SMILES string of the molecule is CCC1CCN(C(=O)C2CN2)C1. The molecule has 68 valence electrons. The van der Waals surface area contributed by atoms with E-state index in [1.54, 1.807) is 0 Å². The van der Waals surface area contributed by atoms with Gasteiger partial charge in [0.2, 0.25) is 5.91 Å². The molecule has 0 aromatic rings. The van der Waals surface area contributed by atoms with Gasteiger partial charge in [0.25, 0.3) is 0 Å². The normalized spacial score (nSPS) is 33.9. The molecule has 0 spiro atoms. The molecule has 2 atom stereocenters. The van der Waals surface area contributed by atoms with Crippen LogP contribution in [-0.2, 0) is 4.79 Å². The van der Waals surface area contributed by atoms with Crippen molar-refractivity contribution in [1.82, 2.24) is 10.2 Å². The molecule has 0 radical (unpaired) electrons. The van der Waals surface area contributed by atoms with Gasteiger partial charge in [-0.15, -0.1) is 0 Å². The van der Waals surface area contributed by atoms with Crippen molar-refractivity contribution in [2.24, 2.45) is 5.92 Å². The van der Waals surface area contributed by atoms with Crippen LogP contribution < -0.4 is 5.32 Å². The van der Waals surface area contributed by atoms with Crippen LogP contribution >= 0.6 is 0 Å². The number of nitrogens with one attached hydrogen (secondary N) is 1. The molecule has 2 rings (SSSR count). The van der Waals surface area contributed by atoms with Gasteiger partial charge in [0.1, 0.15) is 0 Å². The topological polar surface area (TPSA) is 42.2 Å². The molecule has 0 saturated carbocycles. The Morgan fingerprint density at radius 2 is 2.42 bits per heavy atom. The molecule has 2 unspecified atom stereocenters. The molecule has 2 saturated heterocycles. The van der Waals surface area contributed by atoms with E-state index in [4.69, 9.17) is 0 Å². The lowest BCUT2D eigenvalue weighted by Crippen LogP contribution is -2.33. The molecule has 3 nitrogen and oxygen atoms in total. The van der Waals surface area contributed by atoms with Crippen molar-refractivity contribution in [1.29, 1.82) is 0 Å². The first-order valence-corrected chi connectivity index (χ1v) is 4.83. The minimum atomic E-state index is 0.167. The summed E-state index contributed by atoms with van der Waals surface area (Å²) in [5, 5.41) is 3.05. The monoisotopic (exact) mass is 168 g/mol. The van der Waals surface area contributed by atoms with Gasteiger partial charge in [-0.1, -0.05) is 13.3 Å². The van der Waals surface area contributed by atoms with Crippen LogP contribution in [0.2, 0.25) is 0 Å². The summed E-state index contributed by atoms with van der Waals surface area (Å²) in [5.74, 6) is 1.08. The van der Waals surface area contributed by atoms with Crippen molar-refractivity contribution >= 4 is 5.91 Å². The summed E-state index contributed by atoms with van der Waals surface area (Å²) in [6.07, 6.45) is 2.41. The largest absolute Gasteiger partial charge is 0.341 e. The number of nitrogens with zero attached hydrogens (tertiary/aromatic N) is 1. The van der Waals surface area contributed by atoms with E-state index >= 15 is 0 Å². The van der Waals surface area contributed by atoms with E-state index < -0.39 is 0 Å². The summed E-state index contributed by atoms with van der Waals surface area (Å²) in [4.78, 5) is 13.5. The van der Waals surface area contributed by atoms with Gasteiger partial charge in [-0.3, -0.25) is 4.79 Å². The predicted octanol–water partition coefficient (Wildman–Crippen LogP) is 0.217. The number of carbonyl (C=O) groups is 1. The fourth-order valence-corrected chi connectivity index (χ4v) is 1.82. The van der Waals surface area contributed by atoms with Crippen molar-refractivity contribution in [3.8, 4) is 0 Å². The summed E-state index contributed by atoms with van der Waals surface area (Å²) >= 11 is 0. The van der Waals surface area contributed by atoms with Crippen LogP contribution in [0.5, 0.6) is 0 Å². The highest BCUT2D eigenvalue weighted by molar-refractivity contribution is 5.84.